The van der Waals surface area contributed by atoms with Crippen molar-refractivity contribution in [2.45, 2.75) is 16.7 Å². The Morgan fingerprint density at radius 1 is 1.00 bits per heavy atom. The van der Waals surface area contributed by atoms with Crippen LogP contribution in [0.3, 0.4) is 0 Å². The SMILES string of the molecule is CNC(=O)C(NC(=O)c1ccc(CS(=O)(=O)c2ccccc2)o1)c1ccc(F)c(F)c1. The van der Waals surface area contributed by atoms with E-state index in [-0.39, 0.29) is 22.0 Å². The molecule has 0 bridgehead atoms. The number of sulfone groups is 1. The summed E-state index contributed by atoms with van der Waals surface area (Å²) < 4.78 is 57.0. The van der Waals surface area contributed by atoms with Crippen LogP contribution in [-0.2, 0) is 20.4 Å². The molecule has 3 aromatic rings. The Morgan fingerprint density at radius 3 is 2.35 bits per heavy atom. The molecule has 0 saturated heterocycles. The number of rotatable bonds is 7. The zero-order valence-electron chi connectivity index (χ0n) is 16.3. The number of amides is 2. The minimum Gasteiger partial charge on any atom is -0.455 e. The van der Waals surface area contributed by atoms with Crippen LogP contribution in [0.4, 0.5) is 8.78 Å². The number of halogens is 2. The quantitative estimate of drug-likeness (QED) is 0.578. The Labute approximate surface area is 177 Å². The van der Waals surface area contributed by atoms with Gasteiger partial charge in [-0.25, -0.2) is 17.2 Å². The van der Waals surface area contributed by atoms with Gasteiger partial charge in [0.1, 0.15) is 17.6 Å². The van der Waals surface area contributed by atoms with Crippen molar-refractivity contribution in [1.29, 1.82) is 0 Å². The zero-order chi connectivity index (χ0) is 22.6. The molecular weight excluding hydrogens is 430 g/mol. The fourth-order valence-electron chi connectivity index (χ4n) is 2.81. The summed E-state index contributed by atoms with van der Waals surface area (Å²) >= 11 is 0. The van der Waals surface area contributed by atoms with Gasteiger partial charge in [0.25, 0.3) is 5.91 Å². The monoisotopic (exact) mass is 448 g/mol. The van der Waals surface area contributed by atoms with E-state index in [1.165, 1.54) is 37.4 Å². The second-order valence-electron chi connectivity index (χ2n) is 6.53. The third-order valence-corrected chi connectivity index (χ3v) is 6.04. The Morgan fingerprint density at radius 2 is 1.71 bits per heavy atom. The number of likely N-dealkylation sites (N-methyl/N-ethyl adjacent to an activating group) is 1. The number of hydrogen-bond acceptors (Lipinski definition) is 5. The van der Waals surface area contributed by atoms with E-state index in [0.29, 0.717) is 0 Å². The van der Waals surface area contributed by atoms with Crippen molar-refractivity contribution in [2.75, 3.05) is 7.05 Å². The molecule has 0 spiro atoms. The van der Waals surface area contributed by atoms with Crippen molar-refractivity contribution in [3.8, 4) is 0 Å². The smallest absolute Gasteiger partial charge is 0.287 e. The second-order valence-corrected chi connectivity index (χ2v) is 8.52. The van der Waals surface area contributed by atoms with Gasteiger partial charge >= 0.3 is 0 Å². The standard InChI is InChI=1S/C21H18F2N2O5S/c1-24-21(27)19(13-7-9-16(22)17(23)11-13)25-20(26)18-10-8-14(30-18)12-31(28,29)15-5-3-2-4-6-15/h2-11,19H,12H2,1H3,(H,24,27)(H,25,26). The molecule has 10 heteroatoms. The first-order valence-corrected chi connectivity index (χ1v) is 10.7. The summed E-state index contributed by atoms with van der Waals surface area (Å²) in [6.07, 6.45) is 0. The van der Waals surface area contributed by atoms with E-state index in [1.807, 2.05) is 0 Å². The summed E-state index contributed by atoms with van der Waals surface area (Å²) in [6.45, 7) is 0. The molecule has 1 unspecified atom stereocenters. The molecule has 0 saturated carbocycles. The first kappa shape index (κ1) is 22.2. The molecule has 3 rings (SSSR count). The van der Waals surface area contributed by atoms with Crippen LogP contribution >= 0.6 is 0 Å². The summed E-state index contributed by atoms with van der Waals surface area (Å²) in [7, 11) is -2.36. The second kappa shape index (κ2) is 9.09. The molecule has 1 heterocycles. The average Bonchev–Trinajstić information content (AvgIpc) is 3.22. The van der Waals surface area contributed by atoms with Crippen LogP contribution in [0.2, 0.25) is 0 Å². The van der Waals surface area contributed by atoms with Crippen molar-refractivity contribution in [3.05, 3.63) is 89.4 Å². The highest BCUT2D eigenvalue weighted by atomic mass is 32.2. The van der Waals surface area contributed by atoms with E-state index >= 15 is 0 Å². The van der Waals surface area contributed by atoms with Crippen LogP contribution in [0.25, 0.3) is 0 Å². The average molecular weight is 448 g/mol. The van der Waals surface area contributed by atoms with Gasteiger partial charge in [0.2, 0.25) is 5.91 Å². The van der Waals surface area contributed by atoms with Crippen molar-refractivity contribution < 1.29 is 31.2 Å². The largest absolute Gasteiger partial charge is 0.455 e. The molecule has 0 aliphatic carbocycles. The summed E-state index contributed by atoms with van der Waals surface area (Å²) in [6, 6.07) is 11.8. The number of hydrogen-bond donors (Lipinski definition) is 2. The Kier molecular flexibility index (Phi) is 6.50. The van der Waals surface area contributed by atoms with Gasteiger partial charge in [-0.05, 0) is 42.0 Å². The number of nitrogens with one attached hydrogen (secondary N) is 2. The molecule has 0 radical (unpaired) electrons. The molecule has 1 aromatic heterocycles. The van der Waals surface area contributed by atoms with Gasteiger partial charge in [-0.15, -0.1) is 0 Å². The zero-order valence-corrected chi connectivity index (χ0v) is 17.1. The molecule has 2 aromatic carbocycles. The summed E-state index contributed by atoms with van der Waals surface area (Å²) in [4.78, 5) is 24.8. The van der Waals surface area contributed by atoms with Gasteiger partial charge in [0.05, 0.1) is 4.90 Å². The molecule has 0 aliphatic heterocycles. The molecule has 2 N–H and O–H groups in total. The van der Waals surface area contributed by atoms with Gasteiger partial charge < -0.3 is 15.1 Å². The first-order valence-electron chi connectivity index (χ1n) is 9.05. The Balaban J connectivity index is 1.78. The highest BCUT2D eigenvalue weighted by Crippen LogP contribution is 2.20. The van der Waals surface area contributed by atoms with Crippen LogP contribution in [0, 0.1) is 11.6 Å². The summed E-state index contributed by atoms with van der Waals surface area (Å²) in [5, 5.41) is 4.70. The lowest BCUT2D eigenvalue weighted by Crippen LogP contribution is -2.39. The Bertz CT molecular complexity index is 1210. The van der Waals surface area contributed by atoms with Gasteiger partial charge in [0, 0.05) is 7.05 Å². The van der Waals surface area contributed by atoms with Crippen molar-refractivity contribution in [3.63, 3.8) is 0 Å². The van der Waals surface area contributed by atoms with Crippen molar-refractivity contribution in [2.24, 2.45) is 0 Å². The van der Waals surface area contributed by atoms with Crippen molar-refractivity contribution in [1.82, 2.24) is 10.6 Å². The molecule has 162 valence electrons. The maximum Gasteiger partial charge on any atom is 0.287 e. The fourth-order valence-corrected chi connectivity index (χ4v) is 4.08. The van der Waals surface area contributed by atoms with Gasteiger partial charge in [-0.3, -0.25) is 9.59 Å². The Hall–Kier alpha value is -3.53. The van der Waals surface area contributed by atoms with E-state index in [4.69, 9.17) is 4.42 Å². The topological polar surface area (TPSA) is 105 Å². The predicted octanol–water partition coefficient (Wildman–Crippen LogP) is 2.75. The molecule has 1 atom stereocenters. The maximum absolute atomic E-state index is 13.6. The lowest BCUT2D eigenvalue weighted by molar-refractivity contribution is -0.122. The van der Waals surface area contributed by atoms with Crippen LogP contribution in [-0.4, -0.2) is 27.3 Å². The maximum atomic E-state index is 13.6. The fraction of sp³-hybridized carbons (Fsp3) is 0.143. The summed E-state index contributed by atoms with van der Waals surface area (Å²) in [5.74, 6) is -4.45. The number of furan rings is 1. The number of benzene rings is 2. The highest BCUT2D eigenvalue weighted by Gasteiger charge is 2.25. The molecule has 2 amide bonds. The number of carbonyl (C=O) groups is 2. The lowest BCUT2D eigenvalue weighted by atomic mass is 10.1. The normalized spacial score (nSPS) is 12.2. The molecule has 31 heavy (non-hydrogen) atoms. The molecule has 7 nitrogen and oxygen atoms in total. The molecular formula is C21H18F2N2O5S. The van der Waals surface area contributed by atoms with Crippen LogP contribution in [0.1, 0.15) is 27.9 Å². The van der Waals surface area contributed by atoms with E-state index in [2.05, 4.69) is 10.6 Å². The highest BCUT2D eigenvalue weighted by molar-refractivity contribution is 7.90. The van der Waals surface area contributed by atoms with Gasteiger partial charge in [-0.2, -0.15) is 0 Å². The third-order valence-electron chi connectivity index (χ3n) is 4.38. The van der Waals surface area contributed by atoms with E-state index in [1.54, 1.807) is 18.2 Å². The van der Waals surface area contributed by atoms with E-state index in [9.17, 15) is 26.8 Å². The van der Waals surface area contributed by atoms with Crippen molar-refractivity contribution >= 4 is 21.7 Å². The van der Waals surface area contributed by atoms with Crippen LogP contribution in [0.15, 0.2) is 70.0 Å². The van der Waals surface area contributed by atoms with Gasteiger partial charge in [0.15, 0.2) is 27.2 Å². The third kappa shape index (κ3) is 5.15. The molecule has 0 aliphatic rings. The van der Waals surface area contributed by atoms with Crippen LogP contribution in [0.5, 0.6) is 0 Å². The van der Waals surface area contributed by atoms with E-state index < -0.39 is 45.1 Å². The predicted molar refractivity (Wildman–Crippen MR) is 107 cm³/mol. The summed E-state index contributed by atoms with van der Waals surface area (Å²) in [5.41, 5.74) is 0.0186. The van der Waals surface area contributed by atoms with Crippen LogP contribution < -0.4 is 10.6 Å². The molecule has 0 fully saturated rings. The lowest BCUT2D eigenvalue weighted by Gasteiger charge is -2.17. The van der Waals surface area contributed by atoms with Gasteiger partial charge in [-0.1, -0.05) is 24.3 Å². The first-order chi connectivity index (χ1) is 14.7. The van der Waals surface area contributed by atoms with E-state index in [0.717, 1.165) is 12.1 Å². The number of carbonyl (C=O) groups excluding carboxylic acids is 2. The minimum atomic E-state index is -3.68. The minimum absolute atomic E-state index is 0.0186.